The molecule has 3 aromatic rings. The maximum absolute atomic E-state index is 5.87. The van der Waals surface area contributed by atoms with Crippen LogP contribution in [0.2, 0.25) is 6.32 Å². The quantitative estimate of drug-likeness (QED) is 0.627. The topological polar surface area (TPSA) is 13.1 Å². The summed E-state index contributed by atoms with van der Waals surface area (Å²) < 4.78 is 5.87. The molecule has 0 saturated carbocycles. The van der Waals surface area contributed by atoms with Crippen LogP contribution in [0.5, 0.6) is 0 Å². The molecule has 0 bridgehead atoms. The molecule has 0 atom stereocenters. The fraction of sp³-hybridized carbons (Fsp3) is 0.250. The van der Waals surface area contributed by atoms with Crippen LogP contribution in [0, 0.1) is 0 Å². The number of hydrogen-bond acceptors (Lipinski definition) is 1. The number of rotatable bonds is 3. The molecular formula is C16H16BO. The van der Waals surface area contributed by atoms with Gasteiger partial charge in [-0.2, -0.15) is 0 Å². The lowest BCUT2D eigenvalue weighted by Crippen LogP contribution is -2.11. The van der Waals surface area contributed by atoms with Gasteiger partial charge in [-0.25, -0.2) is 0 Å². The number of fused-ring (bicyclic) bond motifs is 3. The second-order valence-electron chi connectivity index (χ2n) is 4.65. The van der Waals surface area contributed by atoms with E-state index in [0.29, 0.717) is 0 Å². The first-order valence-electron chi connectivity index (χ1n) is 6.60. The Morgan fingerprint density at radius 2 is 1.67 bits per heavy atom. The summed E-state index contributed by atoms with van der Waals surface area (Å²) in [5.41, 5.74) is 4.59. The molecule has 1 heterocycles. The normalized spacial score (nSPS) is 11.2. The van der Waals surface area contributed by atoms with Gasteiger partial charge in [0.1, 0.15) is 11.2 Å². The lowest BCUT2D eigenvalue weighted by Gasteiger charge is -1.98. The zero-order valence-corrected chi connectivity index (χ0v) is 10.9. The maximum Gasteiger partial charge on any atom is 0.151 e. The van der Waals surface area contributed by atoms with Crippen molar-refractivity contribution in [3.63, 3.8) is 0 Å². The van der Waals surface area contributed by atoms with Gasteiger partial charge in [-0.05, 0) is 30.2 Å². The molecule has 3 rings (SSSR count). The Morgan fingerprint density at radius 1 is 0.944 bits per heavy atom. The van der Waals surface area contributed by atoms with Crippen molar-refractivity contribution >= 4 is 34.7 Å². The van der Waals surface area contributed by atoms with Crippen molar-refractivity contribution in [2.45, 2.75) is 26.6 Å². The fourth-order valence-corrected chi connectivity index (χ4v) is 2.42. The number of furan rings is 1. The SMILES string of the molecule is CC[B]c1ccc2oc3ccc(CC)cc3c2c1. The molecule has 89 valence electrons. The van der Waals surface area contributed by atoms with E-state index < -0.39 is 0 Å². The minimum Gasteiger partial charge on any atom is -0.456 e. The summed E-state index contributed by atoms with van der Waals surface area (Å²) in [6, 6.07) is 12.9. The van der Waals surface area contributed by atoms with Crippen LogP contribution < -0.4 is 5.46 Å². The van der Waals surface area contributed by atoms with Crippen LogP contribution in [0.3, 0.4) is 0 Å². The van der Waals surface area contributed by atoms with Crippen LogP contribution >= 0.6 is 0 Å². The smallest absolute Gasteiger partial charge is 0.151 e. The van der Waals surface area contributed by atoms with Gasteiger partial charge in [-0.1, -0.05) is 43.8 Å². The molecule has 0 unspecified atom stereocenters. The number of hydrogen-bond donors (Lipinski definition) is 0. The average Bonchev–Trinajstić information content (AvgIpc) is 2.76. The van der Waals surface area contributed by atoms with Crippen molar-refractivity contribution in [1.82, 2.24) is 0 Å². The molecule has 18 heavy (non-hydrogen) atoms. The van der Waals surface area contributed by atoms with E-state index in [1.807, 2.05) is 0 Å². The van der Waals surface area contributed by atoms with E-state index >= 15 is 0 Å². The zero-order chi connectivity index (χ0) is 12.5. The molecular weight excluding hydrogens is 219 g/mol. The maximum atomic E-state index is 5.87. The average molecular weight is 235 g/mol. The Labute approximate surface area is 108 Å². The summed E-state index contributed by atoms with van der Waals surface area (Å²) in [6.07, 6.45) is 2.12. The first-order valence-corrected chi connectivity index (χ1v) is 6.60. The summed E-state index contributed by atoms with van der Waals surface area (Å²) >= 11 is 0. The van der Waals surface area contributed by atoms with Gasteiger partial charge in [0.2, 0.25) is 0 Å². The third-order valence-corrected chi connectivity index (χ3v) is 3.41. The van der Waals surface area contributed by atoms with Crippen LogP contribution in [0.4, 0.5) is 0 Å². The summed E-state index contributed by atoms with van der Waals surface area (Å²) in [6.45, 7) is 4.34. The van der Waals surface area contributed by atoms with Gasteiger partial charge in [0.25, 0.3) is 0 Å². The summed E-state index contributed by atoms with van der Waals surface area (Å²) in [7, 11) is 2.24. The second kappa shape index (κ2) is 4.53. The van der Waals surface area contributed by atoms with E-state index in [1.165, 1.54) is 21.8 Å². The van der Waals surface area contributed by atoms with E-state index in [4.69, 9.17) is 4.42 Å². The molecule has 0 saturated heterocycles. The van der Waals surface area contributed by atoms with E-state index in [0.717, 1.165) is 23.9 Å². The molecule has 0 aliphatic carbocycles. The molecule has 1 radical (unpaired) electrons. The van der Waals surface area contributed by atoms with Crippen LogP contribution in [0.1, 0.15) is 19.4 Å². The minimum atomic E-state index is 0.978. The van der Waals surface area contributed by atoms with Gasteiger partial charge in [-0.15, -0.1) is 0 Å². The summed E-state index contributed by atoms with van der Waals surface area (Å²) in [4.78, 5) is 0. The number of aryl methyl sites for hydroxylation is 1. The Morgan fingerprint density at radius 3 is 2.39 bits per heavy atom. The second-order valence-corrected chi connectivity index (χ2v) is 4.65. The predicted octanol–water partition coefficient (Wildman–Crippen LogP) is 3.92. The minimum absolute atomic E-state index is 0.978. The highest BCUT2D eigenvalue weighted by molar-refractivity contribution is 6.53. The van der Waals surface area contributed by atoms with E-state index in [1.54, 1.807) is 0 Å². The van der Waals surface area contributed by atoms with Crippen LogP contribution in [0.15, 0.2) is 40.8 Å². The molecule has 0 fully saturated rings. The lowest BCUT2D eigenvalue weighted by molar-refractivity contribution is 0.669. The van der Waals surface area contributed by atoms with Crippen LogP contribution in [-0.4, -0.2) is 7.28 Å². The molecule has 0 N–H and O–H groups in total. The van der Waals surface area contributed by atoms with Crippen molar-refractivity contribution in [3.8, 4) is 0 Å². The van der Waals surface area contributed by atoms with Gasteiger partial charge >= 0.3 is 0 Å². The third-order valence-electron chi connectivity index (χ3n) is 3.41. The largest absolute Gasteiger partial charge is 0.456 e. The van der Waals surface area contributed by atoms with Crippen molar-refractivity contribution in [2.75, 3.05) is 0 Å². The van der Waals surface area contributed by atoms with E-state index in [9.17, 15) is 0 Å². The molecule has 0 aliphatic heterocycles. The van der Waals surface area contributed by atoms with E-state index in [-0.39, 0.29) is 0 Å². The zero-order valence-electron chi connectivity index (χ0n) is 10.9. The molecule has 1 nitrogen and oxygen atoms in total. The molecule has 2 heteroatoms. The summed E-state index contributed by atoms with van der Waals surface area (Å²) in [5.74, 6) is 0. The number of benzene rings is 2. The monoisotopic (exact) mass is 235 g/mol. The van der Waals surface area contributed by atoms with Crippen molar-refractivity contribution in [3.05, 3.63) is 42.0 Å². The van der Waals surface area contributed by atoms with Crippen molar-refractivity contribution in [1.29, 1.82) is 0 Å². The van der Waals surface area contributed by atoms with Crippen molar-refractivity contribution < 1.29 is 4.42 Å². The van der Waals surface area contributed by atoms with Gasteiger partial charge in [0.15, 0.2) is 7.28 Å². The van der Waals surface area contributed by atoms with Gasteiger partial charge in [0.05, 0.1) is 0 Å². The molecule has 0 amide bonds. The van der Waals surface area contributed by atoms with Crippen LogP contribution in [-0.2, 0) is 6.42 Å². The standard InChI is InChI=1S/C16H16BO/c1-3-11-5-7-15-13(9-11)14-10-12(17-4-2)6-8-16(14)18-15/h5-10H,3-4H2,1-2H3. The van der Waals surface area contributed by atoms with E-state index in [2.05, 4.69) is 57.5 Å². The van der Waals surface area contributed by atoms with Gasteiger partial charge in [0, 0.05) is 10.8 Å². The molecule has 2 aromatic carbocycles. The Bertz CT molecular complexity index is 697. The fourth-order valence-electron chi connectivity index (χ4n) is 2.42. The third kappa shape index (κ3) is 1.82. The van der Waals surface area contributed by atoms with Crippen LogP contribution in [0.25, 0.3) is 21.9 Å². The molecule has 0 aliphatic rings. The lowest BCUT2D eigenvalue weighted by atomic mass is 9.68. The summed E-state index contributed by atoms with van der Waals surface area (Å²) in [5, 5.41) is 2.46. The Hall–Kier alpha value is -1.70. The predicted molar refractivity (Wildman–Crippen MR) is 79.0 cm³/mol. The highest BCUT2D eigenvalue weighted by Gasteiger charge is 2.08. The highest BCUT2D eigenvalue weighted by atomic mass is 16.3. The molecule has 1 aromatic heterocycles. The highest BCUT2D eigenvalue weighted by Crippen LogP contribution is 2.28. The first-order chi connectivity index (χ1) is 8.81. The van der Waals surface area contributed by atoms with Gasteiger partial charge in [-0.3, -0.25) is 0 Å². The van der Waals surface area contributed by atoms with Gasteiger partial charge < -0.3 is 4.42 Å². The van der Waals surface area contributed by atoms with Crippen molar-refractivity contribution in [2.24, 2.45) is 0 Å². The Kier molecular flexibility index (Phi) is 2.87. The molecule has 0 spiro atoms. The Balaban J connectivity index is 2.27. The first kappa shape index (κ1) is 11.4.